The fourth-order valence-electron chi connectivity index (χ4n) is 0.686. The van der Waals surface area contributed by atoms with Crippen LogP contribution in [-0.2, 0) is 0 Å². The zero-order valence-corrected chi connectivity index (χ0v) is 9.55. The van der Waals surface area contributed by atoms with Gasteiger partial charge in [0.2, 0.25) is 0 Å². The first kappa shape index (κ1) is 10.3. The van der Waals surface area contributed by atoms with E-state index in [1.165, 1.54) is 0 Å². The molecule has 0 aliphatic carbocycles. The maximum Gasteiger partial charge on any atom is 0.147 e. The van der Waals surface area contributed by atoms with Crippen LogP contribution in [0.2, 0.25) is 0 Å². The number of halogens is 1. The Labute approximate surface area is 86.3 Å². The van der Waals surface area contributed by atoms with E-state index in [4.69, 9.17) is 4.42 Å². The topological polar surface area (TPSA) is 37.5 Å². The van der Waals surface area contributed by atoms with Crippen molar-refractivity contribution in [2.24, 2.45) is 5.10 Å². The largest absolute Gasteiger partial charge is 0.462 e. The molecule has 0 fully saturated rings. The molecule has 0 radical (unpaired) electrons. The van der Waals surface area contributed by atoms with Gasteiger partial charge in [-0.2, -0.15) is 5.10 Å². The molecule has 0 aliphatic rings. The number of nitrogens with zero attached hydrogens (tertiary/aromatic N) is 1. The molecule has 72 valence electrons. The predicted octanol–water partition coefficient (Wildman–Crippen LogP) is 2.76. The summed E-state index contributed by atoms with van der Waals surface area (Å²) in [6.45, 7) is 6.13. The van der Waals surface area contributed by atoms with E-state index in [9.17, 15) is 0 Å². The van der Waals surface area contributed by atoms with E-state index < -0.39 is 0 Å². The minimum absolute atomic E-state index is 0.0136. The van der Waals surface area contributed by atoms with Crippen LogP contribution in [0.15, 0.2) is 26.3 Å². The lowest BCUT2D eigenvalue weighted by molar-refractivity contribution is 0.441. The van der Waals surface area contributed by atoms with E-state index in [0.29, 0.717) is 0 Å². The van der Waals surface area contributed by atoms with Gasteiger partial charge in [-0.15, -0.1) is 0 Å². The monoisotopic (exact) mass is 244 g/mol. The predicted molar refractivity (Wildman–Crippen MR) is 56.9 cm³/mol. The number of hydrogen-bond donors (Lipinski definition) is 1. The average Bonchev–Trinajstić information content (AvgIpc) is 2.33. The van der Waals surface area contributed by atoms with Crippen LogP contribution in [0.25, 0.3) is 0 Å². The van der Waals surface area contributed by atoms with E-state index in [2.05, 4.69) is 26.5 Å². The molecule has 1 N–H and O–H groups in total. The maximum atomic E-state index is 5.14. The van der Waals surface area contributed by atoms with Crippen molar-refractivity contribution in [1.29, 1.82) is 0 Å². The minimum Gasteiger partial charge on any atom is -0.462 e. The zero-order valence-electron chi connectivity index (χ0n) is 7.97. The SMILES string of the molecule is CC(C)(C)N/N=C/c1cc(Br)co1. The van der Waals surface area contributed by atoms with Gasteiger partial charge in [0.1, 0.15) is 12.0 Å². The summed E-state index contributed by atoms with van der Waals surface area (Å²) in [5, 5.41) is 4.04. The van der Waals surface area contributed by atoms with Crippen LogP contribution in [0.3, 0.4) is 0 Å². The smallest absolute Gasteiger partial charge is 0.147 e. The van der Waals surface area contributed by atoms with Crippen molar-refractivity contribution in [3.63, 3.8) is 0 Å². The number of rotatable bonds is 2. The molecular formula is C9H13BrN2O. The second kappa shape index (κ2) is 3.96. The molecule has 0 spiro atoms. The molecule has 1 aromatic heterocycles. The standard InChI is InChI=1S/C9H13BrN2O/c1-9(2,3)12-11-5-8-4-7(10)6-13-8/h4-6,12H,1-3H3/b11-5+. The van der Waals surface area contributed by atoms with E-state index in [-0.39, 0.29) is 5.54 Å². The lowest BCUT2D eigenvalue weighted by Gasteiger charge is -2.16. The second-order valence-electron chi connectivity index (χ2n) is 3.79. The Morgan fingerprint density at radius 1 is 1.54 bits per heavy atom. The third-order valence-electron chi connectivity index (χ3n) is 1.18. The Balaban J connectivity index is 2.50. The van der Waals surface area contributed by atoms with Gasteiger partial charge in [0, 0.05) is 5.54 Å². The molecule has 1 heterocycles. The summed E-state index contributed by atoms with van der Waals surface area (Å²) in [5.74, 6) is 0.726. The van der Waals surface area contributed by atoms with Crippen LogP contribution >= 0.6 is 15.9 Å². The van der Waals surface area contributed by atoms with Crippen LogP contribution in [0, 0.1) is 0 Å². The van der Waals surface area contributed by atoms with Gasteiger partial charge in [0.25, 0.3) is 0 Å². The highest BCUT2D eigenvalue weighted by molar-refractivity contribution is 9.10. The van der Waals surface area contributed by atoms with Crippen molar-refractivity contribution in [3.8, 4) is 0 Å². The molecule has 0 saturated heterocycles. The number of hydrazone groups is 1. The molecule has 0 aromatic carbocycles. The highest BCUT2D eigenvalue weighted by atomic mass is 79.9. The molecule has 0 atom stereocenters. The Hall–Kier alpha value is -0.770. The summed E-state index contributed by atoms with van der Waals surface area (Å²) >= 11 is 3.29. The van der Waals surface area contributed by atoms with E-state index in [1.54, 1.807) is 12.5 Å². The lowest BCUT2D eigenvalue weighted by Crippen LogP contribution is -2.31. The molecule has 0 bridgehead atoms. The van der Waals surface area contributed by atoms with Gasteiger partial charge in [0.15, 0.2) is 0 Å². The first-order valence-electron chi connectivity index (χ1n) is 4.02. The van der Waals surface area contributed by atoms with E-state index >= 15 is 0 Å². The van der Waals surface area contributed by atoms with Gasteiger partial charge in [-0.3, -0.25) is 0 Å². The van der Waals surface area contributed by atoms with Crippen molar-refractivity contribution >= 4 is 22.1 Å². The van der Waals surface area contributed by atoms with Crippen molar-refractivity contribution < 1.29 is 4.42 Å². The number of nitrogens with one attached hydrogen (secondary N) is 1. The van der Waals surface area contributed by atoms with E-state index in [0.717, 1.165) is 10.2 Å². The van der Waals surface area contributed by atoms with Gasteiger partial charge in [0.05, 0.1) is 10.7 Å². The van der Waals surface area contributed by atoms with Crippen molar-refractivity contribution in [2.45, 2.75) is 26.3 Å². The normalized spacial score (nSPS) is 12.3. The Morgan fingerprint density at radius 3 is 2.69 bits per heavy atom. The van der Waals surface area contributed by atoms with Crippen LogP contribution in [0.1, 0.15) is 26.5 Å². The quantitative estimate of drug-likeness (QED) is 0.642. The number of hydrogen-bond acceptors (Lipinski definition) is 3. The molecule has 0 aliphatic heterocycles. The summed E-state index contributed by atoms with van der Waals surface area (Å²) in [6.07, 6.45) is 3.27. The zero-order chi connectivity index (χ0) is 9.90. The summed E-state index contributed by atoms with van der Waals surface area (Å²) in [5.41, 5.74) is 2.96. The molecule has 4 heteroatoms. The molecule has 13 heavy (non-hydrogen) atoms. The molecule has 3 nitrogen and oxygen atoms in total. The van der Waals surface area contributed by atoms with Crippen LogP contribution in [0.5, 0.6) is 0 Å². The van der Waals surface area contributed by atoms with Crippen molar-refractivity contribution in [3.05, 3.63) is 22.6 Å². The molecule has 1 rings (SSSR count). The highest BCUT2D eigenvalue weighted by Crippen LogP contribution is 2.12. The van der Waals surface area contributed by atoms with E-state index in [1.807, 2.05) is 26.8 Å². The Morgan fingerprint density at radius 2 is 2.23 bits per heavy atom. The molecule has 0 saturated carbocycles. The first-order chi connectivity index (χ1) is 5.97. The molecule has 0 unspecified atom stereocenters. The van der Waals surface area contributed by atoms with Gasteiger partial charge in [-0.25, -0.2) is 0 Å². The average molecular weight is 245 g/mol. The fourth-order valence-corrected chi connectivity index (χ4v) is 1.00. The van der Waals surface area contributed by atoms with Gasteiger partial charge < -0.3 is 9.84 Å². The summed E-state index contributed by atoms with van der Waals surface area (Å²) < 4.78 is 6.06. The van der Waals surface area contributed by atoms with Crippen molar-refractivity contribution in [1.82, 2.24) is 5.43 Å². The minimum atomic E-state index is -0.0136. The van der Waals surface area contributed by atoms with Gasteiger partial charge in [-0.1, -0.05) is 0 Å². The third-order valence-corrected chi connectivity index (χ3v) is 1.60. The fraction of sp³-hybridized carbons (Fsp3) is 0.444. The highest BCUT2D eigenvalue weighted by Gasteiger charge is 2.05. The molecule has 1 aromatic rings. The van der Waals surface area contributed by atoms with Crippen LogP contribution in [-0.4, -0.2) is 11.8 Å². The maximum absolute atomic E-state index is 5.14. The summed E-state index contributed by atoms with van der Waals surface area (Å²) in [6, 6.07) is 1.86. The summed E-state index contributed by atoms with van der Waals surface area (Å²) in [4.78, 5) is 0. The molecule has 0 amide bonds. The second-order valence-corrected chi connectivity index (χ2v) is 4.70. The van der Waals surface area contributed by atoms with Crippen LogP contribution in [0.4, 0.5) is 0 Å². The van der Waals surface area contributed by atoms with Gasteiger partial charge >= 0.3 is 0 Å². The Bertz CT molecular complexity index is 299. The first-order valence-corrected chi connectivity index (χ1v) is 4.81. The van der Waals surface area contributed by atoms with Gasteiger partial charge in [-0.05, 0) is 42.8 Å². The Kier molecular flexibility index (Phi) is 3.14. The number of furan rings is 1. The van der Waals surface area contributed by atoms with Crippen molar-refractivity contribution in [2.75, 3.05) is 0 Å². The lowest BCUT2D eigenvalue weighted by atomic mass is 10.1. The third kappa shape index (κ3) is 4.12. The molecular weight excluding hydrogens is 232 g/mol. The summed E-state index contributed by atoms with van der Waals surface area (Å²) in [7, 11) is 0. The van der Waals surface area contributed by atoms with Crippen LogP contribution < -0.4 is 5.43 Å².